The van der Waals surface area contributed by atoms with Crippen LogP contribution in [0.4, 0.5) is 15.8 Å². The van der Waals surface area contributed by atoms with Gasteiger partial charge in [-0.25, -0.2) is 4.39 Å². The molecule has 0 saturated heterocycles. The molecule has 2 aromatic rings. The minimum Gasteiger partial charge on any atom is -0.495 e. The average molecular weight is 363 g/mol. The zero-order chi connectivity index (χ0) is 18.0. The van der Waals surface area contributed by atoms with Crippen LogP contribution >= 0.6 is 11.6 Å². The number of amides is 1. The Hall–Kier alpha value is -2.27. The van der Waals surface area contributed by atoms with Crippen LogP contribution in [0.15, 0.2) is 36.4 Å². The number of rotatable bonds is 4. The molecule has 0 fully saturated rings. The molecule has 0 aromatic heterocycles. The molecule has 1 atom stereocenters. The van der Waals surface area contributed by atoms with E-state index in [-0.39, 0.29) is 24.3 Å². The summed E-state index contributed by atoms with van der Waals surface area (Å²) in [4.78, 5) is 14.6. The number of methoxy groups -OCH3 is 1. The second-order valence-corrected chi connectivity index (χ2v) is 6.62. The number of anilines is 2. The molecule has 132 valence electrons. The molecule has 4 nitrogen and oxygen atoms in total. The molecule has 1 aliphatic rings. The summed E-state index contributed by atoms with van der Waals surface area (Å²) in [5.41, 5.74) is 2.38. The molecule has 2 aromatic carbocycles. The number of hydrogen-bond donors (Lipinski definition) is 1. The fourth-order valence-electron chi connectivity index (χ4n) is 3.16. The van der Waals surface area contributed by atoms with E-state index < -0.39 is 0 Å². The zero-order valence-electron chi connectivity index (χ0n) is 14.2. The van der Waals surface area contributed by atoms with E-state index in [2.05, 4.69) is 12.2 Å². The van der Waals surface area contributed by atoms with Crippen LogP contribution in [0.2, 0.25) is 5.02 Å². The van der Waals surface area contributed by atoms with Crippen molar-refractivity contribution in [3.63, 3.8) is 0 Å². The largest absolute Gasteiger partial charge is 0.495 e. The van der Waals surface area contributed by atoms with E-state index >= 15 is 0 Å². The van der Waals surface area contributed by atoms with Gasteiger partial charge in [-0.3, -0.25) is 4.79 Å². The highest BCUT2D eigenvalue weighted by Gasteiger charge is 2.25. The molecule has 6 heteroatoms. The number of fused-ring (bicyclic) bond motifs is 1. The first kappa shape index (κ1) is 17.5. The Kier molecular flexibility index (Phi) is 5.13. The molecule has 1 N–H and O–H groups in total. The second-order valence-electron chi connectivity index (χ2n) is 6.18. The summed E-state index contributed by atoms with van der Waals surface area (Å²) < 4.78 is 18.7. The summed E-state index contributed by atoms with van der Waals surface area (Å²) >= 11 is 6.00. The van der Waals surface area contributed by atoms with E-state index in [4.69, 9.17) is 16.3 Å². The van der Waals surface area contributed by atoms with Crippen LogP contribution in [0.1, 0.15) is 18.9 Å². The van der Waals surface area contributed by atoms with Crippen molar-refractivity contribution in [2.24, 2.45) is 0 Å². The van der Waals surface area contributed by atoms with Gasteiger partial charge in [0.15, 0.2) is 0 Å². The van der Waals surface area contributed by atoms with Gasteiger partial charge in [-0.2, -0.15) is 0 Å². The number of halogens is 2. The fraction of sp³-hybridized carbons (Fsp3) is 0.316. The number of nitrogens with one attached hydrogen (secondary N) is 1. The summed E-state index contributed by atoms with van der Waals surface area (Å²) in [6.45, 7) is 2.25. The lowest BCUT2D eigenvalue weighted by atomic mass is 9.96. The second kappa shape index (κ2) is 7.31. The summed E-state index contributed by atoms with van der Waals surface area (Å²) in [6, 6.07) is 9.99. The lowest BCUT2D eigenvalue weighted by Crippen LogP contribution is -2.42. The average Bonchev–Trinajstić information content (AvgIpc) is 2.57. The monoisotopic (exact) mass is 362 g/mol. The van der Waals surface area contributed by atoms with Gasteiger partial charge in [0.2, 0.25) is 5.91 Å². The Balaban J connectivity index is 1.78. The van der Waals surface area contributed by atoms with Crippen LogP contribution in [0.5, 0.6) is 5.75 Å². The molecule has 0 spiro atoms. The summed E-state index contributed by atoms with van der Waals surface area (Å²) in [5.74, 6) is 0.123. The maximum atomic E-state index is 13.5. The van der Waals surface area contributed by atoms with Gasteiger partial charge in [-0.1, -0.05) is 11.6 Å². The minimum absolute atomic E-state index is 0.176. The van der Waals surface area contributed by atoms with Gasteiger partial charge in [0, 0.05) is 16.8 Å². The van der Waals surface area contributed by atoms with Crippen LogP contribution < -0.4 is 15.0 Å². The van der Waals surface area contributed by atoms with Crippen molar-refractivity contribution in [3.8, 4) is 5.75 Å². The zero-order valence-corrected chi connectivity index (χ0v) is 14.9. The molecular weight excluding hydrogens is 343 g/mol. The van der Waals surface area contributed by atoms with Crippen LogP contribution in [0.25, 0.3) is 0 Å². The predicted molar refractivity (Wildman–Crippen MR) is 98.2 cm³/mol. The molecule has 1 unspecified atom stereocenters. The third kappa shape index (κ3) is 3.87. The van der Waals surface area contributed by atoms with Crippen molar-refractivity contribution in [2.75, 3.05) is 23.9 Å². The van der Waals surface area contributed by atoms with Crippen LogP contribution in [-0.4, -0.2) is 25.6 Å². The molecule has 0 radical (unpaired) electrons. The van der Waals surface area contributed by atoms with Crippen molar-refractivity contribution in [1.29, 1.82) is 0 Å². The van der Waals surface area contributed by atoms with Gasteiger partial charge in [0.1, 0.15) is 11.6 Å². The Morgan fingerprint density at radius 1 is 1.36 bits per heavy atom. The molecule has 0 saturated carbocycles. The first-order valence-corrected chi connectivity index (χ1v) is 8.54. The highest BCUT2D eigenvalue weighted by Crippen LogP contribution is 2.32. The van der Waals surface area contributed by atoms with Gasteiger partial charge >= 0.3 is 0 Å². The van der Waals surface area contributed by atoms with Gasteiger partial charge < -0.3 is 15.0 Å². The Labute approximate surface area is 151 Å². The van der Waals surface area contributed by atoms with E-state index in [9.17, 15) is 9.18 Å². The number of hydrogen-bond acceptors (Lipinski definition) is 3. The van der Waals surface area contributed by atoms with Crippen LogP contribution in [0.3, 0.4) is 0 Å². The number of carbonyl (C=O) groups excluding carboxylic acids is 1. The maximum absolute atomic E-state index is 13.5. The Bertz CT molecular complexity index is 797. The Morgan fingerprint density at radius 2 is 2.16 bits per heavy atom. The van der Waals surface area contributed by atoms with Crippen molar-refractivity contribution in [1.82, 2.24) is 0 Å². The molecule has 1 aliphatic heterocycles. The van der Waals surface area contributed by atoms with Gasteiger partial charge in [-0.05, 0) is 61.7 Å². The first-order chi connectivity index (χ1) is 12.0. The SMILES string of the molecule is COc1ccc(Cl)cc1NC(=O)CN1c2ccc(F)cc2CCC1C. The van der Waals surface area contributed by atoms with E-state index in [1.807, 2.05) is 4.90 Å². The van der Waals surface area contributed by atoms with Crippen LogP contribution in [-0.2, 0) is 11.2 Å². The quantitative estimate of drug-likeness (QED) is 0.883. The van der Waals surface area contributed by atoms with Crippen molar-refractivity contribution >= 4 is 28.9 Å². The highest BCUT2D eigenvalue weighted by molar-refractivity contribution is 6.31. The molecule has 0 aliphatic carbocycles. The minimum atomic E-state index is -0.249. The first-order valence-electron chi connectivity index (χ1n) is 8.16. The molecule has 1 heterocycles. The van der Waals surface area contributed by atoms with Gasteiger partial charge in [0.05, 0.1) is 19.3 Å². The molecular formula is C19H20ClFN2O2. The number of nitrogens with zero attached hydrogens (tertiary/aromatic N) is 1. The molecule has 3 rings (SSSR count). The lowest BCUT2D eigenvalue weighted by Gasteiger charge is -2.36. The molecule has 1 amide bonds. The third-order valence-electron chi connectivity index (χ3n) is 4.46. The molecule has 25 heavy (non-hydrogen) atoms. The summed E-state index contributed by atoms with van der Waals surface area (Å²) in [6.07, 6.45) is 1.69. The molecule has 0 bridgehead atoms. The van der Waals surface area contributed by atoms with Crippen LogP contribution in [0, 0.1) is 5.82 Å². The summed E-state index contributed by atoms with van der Waals surface area (Å²) in [7, 11) is 1.54. The van der Waals surface area contributed by atoms with Crippen molar-refractivity contribution in [3.05, 3.63) is 52.8 Å². The fourth-order valence-corrected chi connectivity index (χ4v) is 3.33. The highest BCUT2D eigenvalue weighted by atomic mass is 35.5. The Morgan fingerprint density at radius 3 is 2.92 bits per heavy atom. The van der Waals surface area contributed by atoms with E-state index in [1.165, 1.54) is 13.2 Å². The van der Waals surface area contributed by atoms with Crippen molar-refractivity contribution < 1.29 is 13.9 Å². The number of ether oxygens (including phenoxy) is 1. The smallest absolute Gasteiger partial charge is 0.244 e. The standard InChI is InChI=1S/C19H20ClFN2O2/c1-12-3-4-13-9-15(21)6-7-17(13)23(12)11-19(24)22-16-10-14(20)5-8-18(16)25-2/h5-10,12H,3-4,11H2,1-2H3,(H,22,24). The van der Waals surface area contributed by atoms with E-state index in [0.29, 0.717) is 16.5 Å². The van der Waals surface area contributed by atoms with E-state index in [0.717, 1.165) is 24.1 Å². The summed E-state index contributed by atoms with van der Waals surface area (Å²) in [5, 5.41) is 3.37. The lowest BCUT2D eigenvalue weighted by molar-refractivity contribution is -0.115. The number of carbonyl (C=O) groups is 1. The third-order valence-corrected chi connectivity index (χ3v) is 4.70. The number of aryl methyl sites for hydroxylation is 1. The van der Waals surface area contributed by atoms with Gasteiger partial charge in [0.25, 0.3) is 0 Å². The maximum Gasteiger partial charge on any atom is 0.244 e. The normalized spacial score (nSPS) is 16.3. The van der Waals surface area contributed by atoms with Gasteiger partial charge in [-0.15, -0.1) is 0 Å². The van der Waals surface area contributed by atoms with E-state index in [1.54, 1.807) is 30.3 Å². The van der Waals surface area contributed by atoms with Crippen molar-refractivity contribution in [2.45, 2.75) is 25.8 Å². The predicted octanol–water partition coefficient (Wildman–Crippen LogP) is 4.27. The topological polar surface area (TPSA) is 41.6 Å². The number of benzene rings is 2.